The van der Waals surface area contributed by atoms with Crippen LogP contribution in [0.15, 0.2) is 22.7 Å². The Balaban J connectivity index is 1.77. The largest absolute Gasteiger partial charge is 0.339 e. The van der Waals surface area contributed by atoms with E-state index in [1.807, 2.05) is 0 Å². The van der Waals surface area contributed by atoms with E-state index in [1.165, 1.54) is 12.1 Å². The van der Waals surface area contributed by atoms with E-state index < -0.39 is 11.6 Å². The molecule has 2 unspecified atom stereocenters. The van der Waals surface area contributed by atoms with E-state index >= 15 is 0 Å². The second-order valence-corrected chi connectivity index (χ2v) is 5.25. The van der Waals surface area contributed by atoms with Gasteiger partial charge in [0.25, 0.3) is 0 Å². The minimum Gasteiger partial charge on any atom is -0.339 e. The van der Waals surface area contributed by atoms with Gasteiger partial charge in [-0.2, -0.15) is 4.98 Å². The van der Waals surface area contributed by atoms with Gasteiger partial charge in [-0.3, -0.25) is 0 Å². The summed E-state index contributed by atoms with van der Waals surface area (Å²) in [5, 5.41) is 7.16. The Morgan fingerprint density at radius 1 is 1.25 bits per heavy atom. The topological polar surface area (TPSA) is 51.0 Å². The summed E-state index contributed by atoms with van der Waals surface area (Å²) in [7, 11) is 0. The molecule has 106 valence electrons. The molecule has 1 N–H and O–H groups in total. The Kier molecular flexibility index (Phi) is 3.48. The first-order chi connectivity index (χ1) is 9.61. The van der Waals surface area contributed by atoms with Crippen LogP contribution in [-0.4, -0.2) is 23.2 Å². The summed E-state index contributed by atoms with van der Waals surface area (Å²) in [6.45, 7) is 3.87. The minimum atomic E-state index is -0.600. The van der Waals surface area contributed by atoms with Crippen molar-refractivity contribution < 1.29 is 13.3 Å². The summed E-state index contributed by atoms with van der Waals surface area (Å²) < 4.78 is 31.5. The van der Waals surface area contributed by atoms with Crippen molar-refractivity contribution in [2.45, 2.75) is 19.3 Å². The summed E-state index contributed by atoms with van der Waals surface area (Å²) >= 11 is 0. The van der Waals surface area contributed by atoms with Gasteiger partial charge in [-0.15, -0.1) is 0 Å². The van der Waals surface area contributed by atoms with Gasteiger partial charge in [0, 0.05) is 19.0 Å². The van der Waals surface area contributed by atoms with Crippen LogP contribution in [0.4, 0.5) is 8.78 Å². The first kappa shape index (κ1) is 13.2. The fraction of sp³-hybridized carbons (Fsp3) is 0.429. The molecule has 2 heterocycles. The second kappa shape index (κ2) is 5.28. The summed E-state index contributed by atoms with van der Waals surface area (Å²) in [5.41, 5.74) is 0.493. The zero-order valence-electron chi connectivity index (χ0n) is 11.1. The van der Waals surface area contributed by atoms with E-state index in [0.717, 1.165) is 19.2 Å². The van der Waals surface area contributed by atoms with E-state index in [1.54, 1.807) is 0 Å². The number of benzene rings is 1. The molecule has 0 bridgehead atoms. The molecule has 1 fully saturated rings. The lowest BCUT2D eigenvalue weighted by Gasteiger charge is -2.07. The van der Waals surface area contributed by atoms with Crippen LogP contribution in [0.25, 0.3) is 0 Å². The Morgan fingerprint density at radius 3 is 2.65 bits per heavy atom. The van der Waals surface area contributed by atoms with Crippen LogP contribution in [0.2, 0.25) is 0 Å². The van der Waals surface area contributed by atoms with Crippen molar-refractivity contribution in [3.63, 3.8) is 0 Å². The number of hydrogen-bond acceptors (Lipinski definition) is 4. The van der Waals surface area contributed by atoms with Crippen molar-refractivity contribution in [1.29, 1.82) is 0 Å². The molecule has 1 aromatic heterocycles. The van der Waals surface area contributed by atoms with Gasteiger partial charge in [0.2, 0.25) is 5.89 Å². The zero-order chi connectivity index (χ0) is 14.1. The van der Waals surface area contributed by atoms with Crippen molar-refractivity contribution in [2.24, 2.45) is 5.92 Å². The van der Waals surface area contributed by atoms with Crippen LogP contribution < -0.4 is 5.32 Å². The molecule has 0 saturated carbocycles. The van der Waals surface area contributed by atoms with E-state index in [2.05, 4.69) is 22.4 Å². The maximum atomic E-state index is 13.1. The highest BCUT2D eigenvalue weighted by Gasteiger charge is 2.29. The van der Waals surface area contributed by atoms with Gasteiger partial charge in [-0.05, 0) is 30.2 Å². The van der Waals surface area contributed by atoms with Crippen molar-refractivity contribution in [3.8, 4) is 0 Å². The molecule has 1 aliphatic heterocycles. The van der Waals surface area contributed by atoms with Crippen molar-refractivity contribution in [3.05, 3.63) is 47.1 Å². The van der Waals surface area contributed by atoms with Gasteiger partial charge < -0.3 is 9.84 Å². The summed E-state index contributed by atoms with van der Waals surface area (Å²) in [5.74, 6) is 0.489. The fourth-order valence-corrected chi connectivity index (χ4v) is 2.53. The number of rotatable bonds is 3. The van der Waals surface area contributed by atoms with Crippen LogP contribution >= 0.6 is 0 Å². The molecule has 6 heteroatoms. The lowest BCUT2D eigenvalue weighted by Crippen LogP contribution is -2.08. The monoisotopic (exact) mass is 279 g/mol. The number of nitrogens with zero attached hydrogens (tertiary/aromatic N) is 2. The molecule has 0 aliphatic carbocycles. The highest BCUT2D eigenvalue weighted by molar-refractivity contribution is 5.21. The van der Waals surface area contributed by atoms with E-state index in [-0.39, 0.29) is 12.3 Å². The molecule has 0 spiro atoms. The quantitative estimate of drug-likeness (QED) is 0.936. The fourth-order valence-electron chi connectivity index (χ4n) is 2.53. The van der Waals surface area contributed by atoms with Gasteiger partial charge >= 0.3 is 0 Å². The molecule has 3 rings (SSSR count). The molecule has 4 nitrogen and oxygen atoms in total. The lowest BCUT2D eigenvalue weighted by atomic mass is 9.98. The highest BCUT2D eigenvalue weighted by Crippen LogP contribution is 2.26. The molecule has 2 aromatic rings. The molecule has 20 heavy (non-hydrogen) atoms. The van der Waals surface area contributed by atoms with Gasteiger partial charge in [0.1, 0.15) is 11.6 Å². The average molecular weight is 279 g/mol. The molecule has 1 aromatic carbocycles. The predicted molar refractivity (Wildman–Crippen MR) is 68.2 cm³/mol. The maximum absolute atomic E-state index is 13.1. The second-order valence-electron chi connectivity index (χ2n) is 5.25. The Bertz CT molecular complexity index is 594. The van der Waals surface area contributed by atoms with Crippen LogP contribution in [0.1, 0.15) is 30.1 Å². The first-order valence-corrected chi connectivity index (χ1v) is 6.60. The van der Waals surface area contributed by atoms with Gasteiger partial charge in [0.05, 0.1) is 5.92 Å². The average Bonchev–Trinajstić information content (AvgIpc) is 2.96. The molecule has 2 atom stereocenters. The van der Waals surface area contributed by atoms with Crippen LogP contribution in [0.5, 0.6) is 0 Å². The highest BCUT2D eigenvalue weighted by atomic mass is 19.1. The van der Waals surface area contributed by atoms with Crippen molar-refractivity contribution >= 4 is 0 Å². The van der Waals surface area contributed by atoms with E-state index in [0.29, 0.717) is 23.2 Å². The molecule has 1 aliphatic rings. The number of halogens is 2. The lowest BCUT2D eigenvalue weighted by molar-refractivity contribution is 0.337. The van der Waals surface area contributed by atoms with Crippen molar-refractivity contribution in [1.82, 2.24) is 15.5 Å². The number of aromatic nitrogens is 2. The Labute approximate surface area is 115 Å². The predicted octanol–water partition coefficient (Wildman–Crippen LogP) is 2.26. The van der Waals surface area contributed by atoms with Crippen LogP contribution in [-0.2, 0) is 6.42 Å². The third-order valence-electron chi connectivity index (χ3n) is 3.60. The summed E-state index contributed by atoms with van der Waals surface area (Å²) in [4.78, 5) is 4.33. The van der Waals surface area contributed by atoms with Crippen LogP contribution in [0.3, 0.4) is 0 Å². The molecule has 0 amide bonds. The SMILES string of the molecule is CC1CNCC1c1nc(Cc2cc(F)cc(F)c2)no1. The van der Waals surface area contributed by atoms with Gasteiger partial charge in [0.15, 0.2) is 5.82 Å². The molecule has 0 radical (unpaired) electrons. The van der Waals surface area contributed by atoms with E-state index in [9.17, 15) is 8.78 Å². The number of nitrogens with one attached hydrogen (secondary N) is 1. The summed E-state index contributed by atoms with van der Waals surface area (Å²) in [6, 6.07) is 3.40. The third-order valence-corrected chi connectivity index (χ3v) is 3.60. The molecular formula is C14H15F2N3O. The Hall–Kier alpha value is -1.82. The van der Waals surface area contributed by atoms with Crippen molar-refractivity contribution in [2.75, 3.05) is 13.1 Å². The first-order valence-electron chi connectivity index (χ1n) is 6.60. The standard InChI is InChI=1S/C14H15F2N3O/c1-8-6-17-7-12(8)14-18-13(19-20-14)4-9-2-10(15)5-11(16)3-9/h2-3,5,8,12,17H,4,6-7H2,1H3. The number of hydrogen-bond donors (Lipinski definition) is 1. The smallest absolute Gasteiger partial charge is 0.231 e. The molecular weight excluding hydrogens is 264 g/mol. The van der Waals surface area contributed by atoms with Gasteiger partial charge in [-0.1, -0.05) is 12.1 Å². The minimum absolute atomic E-state index is 0.209. The zero-order valence-corrected chi connectivity index (χ0v) is 11.1. The third kappa shape index (κ3) is 2.70. The Morgan fingerprint density at radius 2 is 2.00 bits per heavy atom. The summed E-state index contributed by atoms with van der Waals surface area (Å²) in [6.07, 6.45) is 0.257. The van der Waals surface area contributed by atoms with Gasteiger partial charge in [-0.25, -0.2) is 8.78 Å². The van der Waals surface area contributed by atoms with Crippen LogP contribution in [0, 0.1) is 17.6 Å². The molecule has 1 saturated heterocycles. The maximum Gasteiger partial charge on any atom is 0.231 e. The van der Waals surface area contributed by atoms with E-state index in [4.69, 9.17) is 4.52 Å². The normalized spacial score (nSPS) is 22.4.